The Bertz CT molecular complexity index is 544. The summed E-state index contributed by atoms with van der Waals surface area (Å²) in [6.07, 6.45) is 38.0. The van der Waals surface area contributed by atoms with Gasteiger partial charge in [0.15, 0.2) is 0 Å². The number of carbonyl (C=O) groups excluding carboxylic acids is 2. The van der Waals surface area contributed by atoms with E-state index in [1.165, 1.54) is 148 Å². The van der Waals surface area contributed by atoms with Crippen molar-refractivity contribution in [3.8, 4) is 0 Å². The fourth-order valence-corrected chi connectivity index (χ4v) is 5.89. The molecule has 1 unspecified atom stereocenters. The molecule has 0 amide bonds. The lowest BCUT2D eigenvalue weighted by Gasteiger charge is -2.15. The van der Waals surface area contributed by atoms with Gasteiger partial charge in [0.2, 0.25) is 0 Å². The fraction of sp³-hybridized carbons (Fsp3) is 0.947. The average molecular weight is 579 g/mol. The highest BCUT2D eigenvalue weighted by molar-refractivity contribution is 5.98. The lowest BCUT2D eigenvalue weighted by Crippen LogP contribution is -2.26. The van der Waals surface area contributed by atoms with Crippen molar-refractivity contribution < 1.29 is 14.3 Å². The first kappa shape index (κ1) is 40.1. The Morgan fingerprint density at radius 1 is 0.415 bits per heavy atom. The van der Waals surface area contributed by atoms with E-state index in [9.17, 15) is 9.59 Å². The molecule has 1 atom stereocenters. The maximum atomic E-state index is 13.1. The predicted molar refractivity (Wildman–Crippen MR) is 180 cm³/mol. The highest BCUT2D eigenvalue weighted by Crippen LogP contribution is 2.20. The molecule has 0 heterocycles. The van der Waals surface area contributed by atoms with E-state index >= 15 is 0 Å². The van der Waals surface area contributed by atoms with Gasteiger partial charge < -0.3 is 4.74 Å². The van der Waals surface area contributed by atoms with Crippen LogP contribution < -0.4 is 0 Å². The Balaban J connectivity index is 4.16. The van der Waals surface area contributed by atoms with E-state index in [4.69, 9.17) is 4.74 Å². The molecule has 0 fully saturated rings. The van der Waals surface area contributed by atoms with Gasteiger partial charge in [-0.05, 0) is 19.3 Å². The minimum atomic E-state index is -0.526. The van der Waals surface area contributed by atoms with Gasteiger partial charge in [0.1, 0.15) is 11.7 Å². The van der Waals surface area contributed by atoms with Gasteiger partial charge in [-0.2, -0.15) is 0 Å². The van der Waals surface area contributed by atoms with Crippen LogP contribution in [-0.2, 0) is 14.3 Å². The lowest BCUT2D eigenvalue weighted by molar-refractivity contribution is -0.152. The molecule has 41 heavy (non-hydrogen) atoms. The van der Waals surface area contributed by atoms with Crippen LogP contribution in [0, 0.1) is 5.92 Å². The predicted octanol–water partition coefficient (Wildman–Crippen LogP) is 12.9. The van der Waals surface area contributed by atoms with Gasteiger partial charge in [0, 0.05) is 6.42 Å². The van der Waals surface area contributed by atoms with Gasteiger partial charge in [0.25, 0.3) is 0 Å². The van der Waals surface area contributed by atoms with Crippen LogP contribution in [0.3, 0.4) is 0 Å². The van der Waals surface area contributed by atoms with Crippen LogP contribution in [0.2, 0.25) is 0 Å². The van der Waals surface area contributed by atoms with Crippen molar-refractivity contribution in [2.24, 2.45) is 5.92 Å². The summed E-state index contributed by atoms with van der Waals surface area (Å²) < 4.78 is 5.63. The summed E-state index contributed by atoms with van der Waals surface area (Å²) in [5, 5.41) is 0. The molecule has 0 radical (unpaired) electrons. The molecule has 0 aromatic heterocycles. The van der Waals surface area contributed by atoms with Crippen molar-refractivity contribution in [1.82, 2.24) is 0 Å². The normalized spacial score (nSPS) is 12.1. The summed E-state index contributed by atoms with van der Waals surface area (Å²) in [5.41, 5.74) is 0. The topological polar surface area (TPSA) is 43.4 Å². The molecule has 0 aromatic rings. The summed E-state index contributed by atoms with van der Waals surface area (Å²) >= 11 is 0. The van der Waals surface area contributed by atoms with E-state index < -0.39 is 5.92 Å². The molecule has 3 heteroatoms. The first-order valence-electron chi connectivity index (χ1n) is 18.9. The SMILES string of the molecule is CCCCCCCCCCCCCCCCC(C(=O)CCCCCCCCCCC)C(=O)OCCCCCCCC. The first-order valence-corrected chi connectivity index (χ1v) is 18.9. The van der Waals surface area contributed by atoms with E-state index in [-0.39, 0.29) is 11.8 Å². The number of hydrogen-bond donors (Lipinski definition) is 0. The maximum absolute atomic E-state index is 13.1. The van der Waals surface area contributed by atoms with E-state index in [2.05, 4.69) is 20.8 Å². The van der Waals surface area contributed by atoms with Crippen LogP contribution in [0.15, 0.2) is 0 Å². The Kier molecular flexibility index (Phi) is 32.9. The second-order valence-corrected chi connectivity index (χ2v) is 12.9. The smallest absolute Gasteiger partial charge is 0.316 e. The minimum absolute atomic E-state index is 0.135. The van der Waals surface area contributed by atoms with Crippen molar-refractivity contribution in [3.63, 3.8) is 0 Å². The van der Waals surface area contributed by atoms with Gasteiger partial charge >= 0.3 is 5.97 Å². The molecule has 0 saturated heterocycles. The van der Waals surface area contributed by atoms with Gasteiger partial charge in [-0.25, -0.2) is 0 Å². The number of rotatable bonds is 34. The summed E-state index contributed by atoms with van der Waals surface area (Å²) in [7, 11) is 0. The van der Waals surface area contributed by atoms with Crippen molar-refractivity contribution >= 4 is 11.8 Å². The number of Topliss-reactive ketones (excluding diaryl/α,β-unsaturated/α-hetero) is 1. The van der Waals surface area contributed by atoms with Gasteiger partial charge in [0.05, 0.1) is 6.61 Å². The zero-order valence-electron chi connectivity index (χ0n) is 28.4. The Morgan fingerprint density at radius 3 is 1.12 bits per heavy atom. The summed E-state index contributed by atoms with van der Waals surface area (Å²) in [4.78, 5) is 26.0. The fourth-order valence-electron chi connectivity index (χ4n) is 5.89. The molecule has 0 aromatic carbocycles. The van der Waals surface area contributed by atoms with Crippen LogP contribution >= 0.6 is 0 Å². The number of esters is 1. The third-order valence-corrected chi connectivity index (χ3v) is 8.79. The van der Waals surface area contributed by atoms with Crippen LogP contribution in [-0.4, -0.2) is 18.4 Å². The molecule has 0 aliphatic heterocycles. The Hall–Kier alpha value is -0.860. The number of ketones is 1. The standard InChI is InChI=1S/C38H74O3/c1-4-7-10-13-16-18-19-20-21-22-24-25-27-30-33-36(38(40)41-35-32-29-15-12-9-6-3)37(39)34-31-28-26-23-17-14-11-8-5-2/h36H,4-35H2,1-3H3. The van der Waals surface area contributed by atoms with Crippen LogP contribution in [0.4, 0.5) is 0 Å². The summed E-state index contributed by atoms with van der Waals surface area (Å²) in [5.74, 6) is -0.633. The minimum Gasteiger partial charge on any atom is -0.465 e. The Morgan fingerprint density at radius 2 is 0.732 bits per heavy atom. The number of hydrogen-bond acceptors (Lipinski definition) is 3. The van der Waals surface area contributed by atoms with Crippen LogP contribution in [0.1, 0.15) is 220 Å². The molecule has 0 bridgehead atoms. The molecular weight excluding hydrogens is 504 g/mol. The van der Waals surface area contributed by atoms with Crippen molar-refractivity contribution in [2.45, 2.75) is 220 Å². The molecule has 0 saturated carbocycles. The lowest BCUT2D eigenvalue weighted by atomic mass is 9.92. The van der Waals surface area contributed by atoms with E-state index in [1.54, 1.807) is 0 Å². The largest absolute Gasteiger partial charge is 0.465 e. The molecule has 0 N–H and O–H groups in total. The zero-order valence-corrected chi connectivity index (χ0v) is 28.4. The summed E-state index contributed by atoms with van der Waals surface area (Å²) in [6, 6.07) is 0. The van der Waals surface area contributed by atoms with Crippen molar-refractivity contribution in [2.75, 3.05) is 6.61 Å². The number of carbonyl (C=O) groups is 2. The number of ether oxygens (including phenoxy) is 1. The monoisotopic (exact) mass is 579 g/mol. The third kappa shape index (κ3) is 29.0. The van der Waals surface area contributed by atoms with Gasteiger partial charge in [-0.15, -0.1) is 0 Å². The Labute approximate surface area is 258 Å². The zero-order chi connectivity index (χ0) is 30.1. The molecule has 0 rings (SSSR count). The molecule has 0 spiro atoms. The maximum Gasteiger partial charge on any atom is 0.316 e. The molecule has 3 nitrogen and oxygen atoms in total. The third-order valence-electron chi connectivity index (χ3n) is 8.79. The summed E-state index contributed by atoms with van der Waals surface area (Å²) in [6.45, 7) is 7.24. The van der Waals surface area contributed by atoms with E-state index in [1.807, 2.05) is 0 Å². The van der Waals surface area contributed by atoms with Crippen LogP contribution in [0.5, 0.6) is 0 Å². The molecule has 0 aliphatic rings. The van der Waals surface area contributed by atoms with Crippen molar-refractivity contribution in [1.29, 1.82) is 0 Å². The second-order valence-electron chi connectivity index (χ2n) is 12.9. The molecule has 0 aliphatic carbocycles. The molecular formula is C38H74O3. The first-order chi connectivity index (χ1) is 20.2. The highest BCUT2D eigenvalue weighted by Gasteiger charge is 2.27. The van der Waals surface area contributed by atoms with Gasteiger partial charge in [-0.3, -0.25) is 9.59 Å². The number of unbranched alkanes of at least 4 members (excludes halogenated alkanes) is 26. The van der Waals surface area contributed by atoms with Gasteiger partial charge in [-0.1, -0.05) is 194 Å². The van der Waals surface area contributed by atoms with Crippen molar-refractivity contribution in [3.05, 3.63) is 0 Å². The highest BCUT2D eigenvalue weighted by atomic mass is 16.5. The second kappa shape index (κ2) is 33.6. The quantitative estimate of drug-likeness (QED) is 0.0433. The van der Waals surface area contributed by atoms with E-state index in [0.29, 0.717) is 19.4 Å². The van der Waals surface area contributed by atoms with Crippen LogP contribution in [0.25, 0.3) is 0 Å². The van der Waals surface area contributed by atoms with E-state index in [0.717, 1.165) is 38.5 Å². The molecule has 244 valence electrons. The average Bonchev–Trinajstić information content (AvgIpc) is 2.97.